The maximum absolute atomic E-state index is 5.59. The van der Waals surface area contributed by atoms with E-state index in [1.165, 1.54) is 5.56 Å². The van der Waals surface area contributed by atoms with Crippen molar-refractivity contribution < 1.29 is 4.74 Å². The van der Waals surface area contributed by atoms with E-state index in [1.807, 2.05) is 13.0 Å². The minimum Gasteiger partial charge on any atom is -0.486 e. The summed E-state index contributed by atoms with van der Waals surface area (Å²) in [6.07, 6.45) is 2.79. The van der Waals surface area contributed by atoms with Gasteiger partial charge in [0.15, 0.2) is 11.6 Å². The van der Waals surface area contributed by atoms with Crippen molar-refractivity contribution in [2.24, 2.45) is 0 Å². The van der Waals surface area contributed by atoms with Crippen LogP contribution in [0.15, 0.2) is 36.5 Å². The lowest BCUT2D eigenvalue weighted by Gasteiger charge is -2.29. The van der Waals surface area contributed by atoms with E-state index in [0.717, 1.165) is 36.9 Å². The molecule has 1 aromatic carbocycles. The third kappa shape index (κ3) is 2.67. The summed E-state index contributed by atoms with van der Waals surface area (Å²) in [7, 11) is 0. The summed E-state index contributed by atoms with van der Waals surface area (Å²) < 4.78 is 5.59. The topological polar surface area (TPSA) is 38.2 Å². The quantitative estimate of drug-likeness (QED) is 0.843. The Balaban J connectivity index is 1.75. The molecule has 4 nitrogen and oxygen atoms in total. The lowest BCUT2D eigenvalue weighted by molar-refractivity contribution is 0.303. The molecular weight excluding hydrogens is 238 g/mol. The third-order valence-corrected chi connectivity index (χ3v) is 3.29. The van der Waals surface area contributed by atoms with E-state index in [-0.39, 0.29) is 0 Å². The molecule has 0 amide bonds. The molecule has 19 heavy (non-hydrogen) atoms. The summed E-state index contributed by atoms with van der Waals surface area (Å²) in [5.74, 6) is 2.51. The van der Waals surface area contributed by atoms with E-state index in [1.54, 1.807) is 6.20 Å². The van der Waals surface area contributed by atoms with Gasteiger partial charge in [-0.05, 0) is 18.9 Å². The molecule has 0 saturated carbocycles. The predicted octanol–water partition coefficient (Wildman–Crippen LogP) is 2.23. The van der Waals surface area contributed by atoms with E-state index >= 15 is 0 Å². The fourth-order valence-electron chi connectivity index (χ4n) is 2.27. The van der Waals surface area contributed by atoms with Gasteiger partial charge in [0.1, 0.15) is 12.4 Å². The van der Waals surface area contributed by atoms with Crippen LogP contribution in [0.1, 0.15) is 11.4 Å². The number of fused-ring (bicyclic) bond motifs is 1. The van der Waals surface area contributed by atoms with Crippen LogP contribution in [0.5, 0.6) is 5.75 Å². The number of benzene rings is 1. The van der Waals surface area contributed by atoms with Crippen molar-refractivity contribution in [2.45, 2.75) is 13.3 Å². The summed E-state index contributed by atoms with van der Waals surface area (Å²) in [6.45, 7) is 4.45. The fraction of sp³-hybridized carbons (Fsp3) is 0.333. The van der Waals surface area contributed by atoms with Gasteiger partial charge in [-0.25, -0.2) is 9.97 Å². The van der Waals surface area contributed by atoms with Crippen LogP contribution in [0, 0.1) is 6.92 Å². The van der Waals surface area contributed by atoms with Gasteiger partial charge in [-0.3, -0.25) is 0 Å². The molecule has 0 radical (unpaired) electrons. The highest BCUT2D eigenvalue weighted by Crippen LogP contribution is 2.28. The molecule has 0 atom stereocenters. The van der Waals surface area contributed by atoms with Crippen molar-refractivity contribution in [3.63, 3.8) is 0 Å². The molecule has 0 saturated heterocycles. The summed E-state index contributed by atoms with van der Waals surface area (Å²) >= 11 is 0. The minimum absolute atomic E-state index is 0.703. The number of rotatable bonds is 3. The average molecular weight is 255 g/mol. The largest absolute Gasteiger partial charge is 0.486 e. The van der Waals surface area contributed by atoms with Gasteiger partial charge in [0.2, 0.25) is 0 Å². The Kier molecular flexibility index (Phi) is 3.31. The van der Waals surface area contributed by atoms with Gasteiger partial charge in [-0.2, -0.15) is 0 Å². The van der Waals surface area contributed by atoms with E-state index < -0.39 is 0 Å². The summed E-state index contributed by atoms with van der Waals surface area (Å²) in [5, 5.41) is 0. The molecular formula is C15H17N3O. The normalized spacial score (nSPS) is 13.8. The predicted molar refractivity (Wildman–Crippen MR) is 74.6 cm³/mol. The van der Waals surface area contributed by atoms with Crippen LogP contribution in [-0.2, 0) is 6.42 Å². The van der Waals surface area contributed by atoms with Crippen molar-refractivity contribution in [1.82, 2.24) is 9.97 Å². The van der Waals surface area contributed by atoms with Crippen molar-refractivity contribution in [1.29, 1.82) is 0 Å². The first-order valence-electron chi connectivity index (χ1n) is 6.58. The van der Waals surface area contributed by atoms with Crippen LogP contribution in [0.2, 0.25) is 0 Å². The molecule has 2 aromatic rings. The molecule has 3 rings (SSSR count). The SMILES string of the molecule is Cc1ncc2c(n1)N(CCc1ccccc1)CCO2. The van der Waals surface area contributed by atoms with Crippen molar-refractivity contribution in [2.75, 3.05) is 24.6 Å². The smallest absolute Gasteiger partial charge is 0.180 e. The number of nitrogens with zero attached hydrogens (tertiary/aromatic N) is 3. The number of aromatic nitrogens is 2. The number of aryl methyl sites for hydroxylation is 1. The van der Waals surface area contributed by atoms with Gasteiger partial charge in [-0.15, -0.1) is 0 Å². The van der Waals surface area contributed by atoms with Gasteiger partial charge in [0, 0.05) is 6.54 Å². The average Bonchev–Trinajstić information content (AvgIpc) is 2.46. The van der Waals surface area contributed by atoms with Crippen LogP contribution < -0.4 is 9.64 Å². The molecule has 0 spiro atoms. The minimum atomic E-state index is 0.703. The number of hydrogen-bond donors (Lipinski definition) is 0. The van der Waals surface area contributed by atoms with Gasteiger partial charge in [0.25, 0.3) is 0 Å². The molecule has 0 bridgehead atoms. The van der Waals surface area contributed by atoms with Gasteiger partial charge in [-0.1, -0.05) is 30.3 Å². The Labute approximate surface area is 113 Å². The number of anilines is 1. The van der Waals surface area contributed by atoms with Crippen LogP contribution >= 0.6 is 0 Å². The van der Waals surface area contributed by atoms with Gasteiger partial charge >= 0.3 is 0 Å². The molecule has 4 heteroatoms. The molecule has 0 N–H and O–H groups in total. The summed E-state index contributed by atoms with van der Waals surface area (Å²) in [5.41, 5.74) is 1.35. The van der Waals surface area contributed by atoms with Gasteiger partial charge in [0.05, 0.1) is 12.7 Å². The zero-order valence-electron chi connectivity index (χ0n) is 11.0. The van der Waals surface area contributed by atoms with Crippen LogP contribution in [-0.4, -0.2) is 29.7 Å². The van der Waals surface area contributed by atoms with Crippen LogP contribution in [0.25, 0.3) is 0 Å². The highest BCUT2D eigenvalue weighted by atomic mass is 16.5. The number of hydrogen-bond acceptors (Lipinski definition) is 4. The fourth-order valence-corrected chi connectivity index (χ4v) is 2.27. The first-order valence-corrected chi connectivity index (χ1v) is 6.58. The van der Waals surface area contributed by atoms with E-state index in [4.69, 9.17) is 4.74 Å². The molecule has 1 aliphatic rings. The summed E-state index contributed by atoms with van der Waals surface area (Å²) in [6, 6.07) is 10.5. The molecule has 0 fully saturated rings. The lowest BCUT2D eigenvalue weighted by atomic mass is 10.1. The second-order valence-electron chi connectivity index (χ2n) is 4.68. The Hall–Kier alpha value is -2.10. The Morgan fingerprint density at radius 1 is 1.26 bits per heavy atom. The lowest BCUT2D eigenvalue weighted by Crippen LogP contribution is -2.35. The molecule has 2 heterocycles. The Morgan fingerprint density at radius 3 is 2.95 bits per heavy atom. The third-order valence-electron chi connectivity index (χ3n) is 3.29. The number of ether oxygens (including phenoxy) is 1. The van der Waals surface area contributed by atoms with Gasteiger partial charge < -0.3 is 9.64 Å². The molecule has 1 aliphatic heterocycles. The van der Waals surface area contributed by atoms with Crippen molar-refractivity contribution in [3.05, 3.63) is 47.9 Å². The van der Waals surface area contributed by atoms with E-state index in [0.29, 0.717) is 6.61 Å². The first-order chi connectivity index (χ1) is 9.33. The maximum Gasteiger partial charge on any atom is 0.180 e. The van der Waals surface area contributed by atoms with Crippen molar-refractivity contribution in [3.8, 4) is 5.75 Å². The second-order valence-corrected chi connectivity index (χ2v) is 4.68. The molecule has 1 aromatic heterocycles. The highest BCUT2D eigenvalue weighted by molar-refractivity contribution is 5.53. The zero-order valence-corrected chi connectivity index (χ0v) is 11.0. The molecule has 0 unspecified atom stereocenters. The molecule has 98 valence electrons. The standard InChI is InChI=1S/C15H17N3O/c1-12-16-11-14-15(17-12)18(9-10-19-14)8-7-13-5-3-2-4-6-13/h2-6,11H,7-10H2,1H3. The Morgan fingerprint density at radius 2 is 2.11 bits per heavy atom. The van der Waals surface area contributed by atoms with Crippen LogP contribution in [0.3, 0.4) is 0 Å². The first kappa shape index (κ1) is 12.0. The highest BCUT2D eigenvalue weighted by Gasteiger charge is 2.19. The second kappa shape index (κ2) is 5.26. The van der Waals surface area contributed by atoms with E-state index in [2.05, 4.69) is 39.1 Å². The zero-order chi connectivity index (χ0) is 13.1. The monoisotopic (exact) mass is 255 g/mol. The maximum atomic E-state index is 5.59. The van der Waals surface area contributed by atoms with E-state index in [9.17, 15) is 0 Å². The Bertz CT molecular complexity index is 557. The molecule has 0 aliphatic carbocycles. The van der Waals surface area contributed by atoms with Crippen molar-refractivity contribution >= 4 is 5.82 Å². The summed E-state index contributed by atoms with van der Waals surface area (Å²) in [4.78, 5) is 11.0. The van der Waals surface area contributed by atoms with Crippen LogP contribution in [0.4, 0.5) is 5.82 Å².